The Balaban J connectivity index is 3.24. The van der Waals surface area contributed by atoms with Crippen molar-refractivity contribution in [3.63, 3.8) is 0 Å². The first-order valence-electron chi connectivity index (χ1n) is 3.60. The van der Waals surface area contributed by atoms with E-state index in [2.05, 4.69) is 0 Å². The third-order valence-electron chi connectivity index (χ3n) is 1.44. The van der Waals surface area contributed by atoms with Crippen LogP contribution in [0.2, 0.25) is 10.0 Å². The molecule has 0 spiro atoms. The molecule has 0 fully saturated rings. The largest absolute Gasteiger partial charge is 0.446 e. The zero-order valence-electron chi connectivity index (χ0n) is 7.22. The van der Waals surface area contributed by atoms with Crippen LogP contribution in [-0.2, 0) is 0 Å². The van der Waals surface area contributed by atoms with Crippen LogP contribution in [0.1, 0.15) is 0 Å². The van der Waals surface area contributed by atoms with E-state index in [1.807, 2.05) is 0 Å². The number of nitrogens with zero attached hydrogens (tertiary/aromatic N) is 1. The fraction of sp³-hybridized carbons (Fsp3) is 0.143. The second-order valence-electron chi connectivity index (χ2n) is 2.51. The van der Waals surface area contributed by atoms with E-state index < -0.39 is 37.8 Å². The van der Waals surface area contributed by atoms with Crippen molar-refractivity contribution in [1.29, 1.82) is 0 Å². The Morgan fingerprint density at radius 2 is 1.88 bits per heavy atom. The van der Waals surface area contributed by atoms with Gasteiger partial charge in [0.25, 0.3) is 0 Å². The van der Waals surface area contributed by atoms with Gasteiger partial charge in [0.1, 0.15) is 10.0 Å². The molecule has 0 aliphatic heterocycles. The molecule has 0 aromatic heterocycles. The molecule has 0 heterocycles. The van der Waals surface area contributed by atoms with Gasteiger partial charge in [-0.15, -0.1) is 0 Å². The van der Waals surface area contributed by atoms with Crippen LogP contribution in [0.3, 0.4) is 0 Å². The quantitative estimate of drug-likeness (QED) is 0.457. The first kappa shape index (κ1) is 13.4. The minimum atomic E-state index is -4.56. The summed E-state index contributed by atoms with van der Waals surface area (Å²) in [6, 6.07) is 1.98. The van der Waals surface area contributed by atoms with Crippen LogP contribution in [0, 0.1) is 10.1 Å². The first-order valence-corrected chi connectivity index (χ1v) is 5.18. The van der Waals surface area contributed by atoms with Crippen LogP contribution >= 0.6 is 35.0 Å². The summed E-state index contributed by atoms with van der Waals surface area (Å²) in [4.78, 5) is 9.13. The van der Waals surface area contributed by atoms with Crippen molar-refractivity contribution in [3.05, 3.63) is 32.3 Å². The smallest absolute Gasteiger partial charge is 0.258 e. The predicted octanol–water partition coefficient (Wildman–Crippen LogP) is 4.51. The lowest BCUT2D eigenvalue weighted by molar-refractivity contribution is -0.384. The van der Waals surface area contributed by atoms with E-state index in [0.29, 0.717) is 0 Å². The minimum Gasteiger partial charge on any atom is -0.258 e. The number of hydrogen-bond donors (Lipinski definition) is 0. The summed E-state index contributed by atoms with van der Waals surface area (Å²) in [6.07, 6.45) is 0. The summed E-state index contributed by atoms with van der Waals surface area (Å²) >= 11 is 10.4. The van der Waals surface area contributed by atoms with Crippen molar-refractivity contribution in [2.45, 2.75) is 10.4 Å². The van der Waals surface area contributed by atoms with Gasteiger partial charge in [0.05, 0.1) is 4.92 Å². The lowest BCUT2D eigenvalue weighted by atomic mass is 10.3. The Morgan fingerprint density at radius 1 is 1.31 bits per heavy atom. The lowest BCUT2D eigenvalue weighted by Gasteiger charge is -2.07. The molecule has 0 radical (unpaired) electrons. The average Bonchev–Trinajstić information content (AvgIpc) is 2.07. The van der Waals surface area contributed by atoms with Gasteiger partial charge in [0.2, 0.25) is 0 Å². The van der Waals surface area contributed by atoms with Crippen LogP contribution in [-0.4, -0.2) is 10.4 Å². The molecule has 16 heavy (non-hydrogen) atoms. The zero-order valence-corrected chi connectivity index (χ0v) is 9.54. The number of alkyl halides is 3. The summed E-state index contributed by atoms with van der Waals surface area (Å²) in [7, 11) is 0. The number of halogens is 5. The second kappa shape index (κ2) is 4.68. The van der Waals surface area contributed by atoms with Crippen molar-refractivity contribution in [2.24, 2.45) is 0 Å². The molecule has 0 unspecified atom stereocenters. The number of thioether (sulfide) groups is 1. The topological polar surface area (TPSA) is 43.1 Å². The molecule has 9 heteroatoms. The number of nitro groups is 1. The number of rotatable bonds is 2. The van der Waals surface area contributed by atoms with E-state index in [0.717, 1.165) is 12.1 Å². The Morgan fingerprint density at radius 3 is 2.31 bits per heavy atom. The molecular weight excluding hydrogens is 290 g/mol. The van der Waals surface area contributed by atoms with Gasteiger partial charge in [-0.2, -0.15) is 13.2 Å². The van der Waals surface area contributed by atoms with Gasteiger partial charge < -0.3 is 0 Å². The molecule has 88 valence electrons. The van der Waals surface area contributed by atoms with Gasteiger partial charge in [0.15, 0.2) is 0 Å². The van der Waals surface area contributed by atoms with E-state index in [1.165, 1.54) is 0 Å². The zero-order chi connectivity index (χ0) is 12.5. The molecular formula is C7H2Cl2F3NO2S. The highest BCUT2D eigenvalue weighted by molar-refractivity contribution is 8.00. The molecule has 0 aliphatic carbocycles. The molecule has 1 aromatic carbocycles. The Kier molecular flexibility index (Phi) is 3.92. The summed E-state index contributed by atoms with van der Waals surface area (Å²) in [5, 5.41) is 9.59. The highest BCUT2D eigenvalue weighted by Gasteiger charge is 2.32. The molecule has 0 saturated heterocycles. The molecule has 1 rings (SSSR count). The Bertz CT molecular complexity index is 438. The highest BCUT2D eigenvalue weighted by atomic mass is 35.5. The summed E-state index contributed by atoms with van der Waals surface area (Å²) < 4.78 is 36.2. The molecule has 0 atom stereocenters. The van der Waals surface area contributed by atoms with Crippen LogP contribution in [0.4, 0.5) is 18.9 Å². The van der Waals surface area contributed by atoms with Crippen molar-refractivity contribution in [3.8, 4) is 0 Å². The van der Waals surface area contributed by atoms with Gasteiger partial charge >= 0.3 is 11.2 Å². The lowest BCUT2D eigenvalue weighted by Crippen LogP contribution is -2.00. The number of hydrogen-bond acceptors (Lipinski definition) is 3. The minimum absolute atomic E-state index is 0.304. The molecule has 0 N–H and O–H groups in total. The monoisotopic (exact) mass is 291 g/mol. The molecule has 0 aliphatic rings. The summed E-state index contributed by atoms with van der Waals surface area (Å²) in [5.41, 5.74) is -5.29. The SMILES string of the molecule is O=[N+]([O-])c1c(Cl)ccc(SC(F)(F)F)c1Cl. The fourth-order valence-electron chi connectivity index (χ4n) is 0.893. The van der Waals surface area contributed by atoms with Crippen molar-refractivity contribution < 1.29 is 18.1 Å². The Labute approximate surface area is 102 Å². The first-order chi connectivity index (χ1) is 7.22. The summed E-state index contributed by atoms with van der Waals surface area (Å²) in [6.45, 7) is 0. The van der Waals surface area contributed by atoms with Crippen LogP contribution in [0.15, 0.2) is 17.0 Å². The second-order valence-corrected chi connectivity index (χ2v) is 4.41. The van der Waals surface area contributed by atoms with Gasteiger partial charge in [-0.1, -0.05) is 23.2 Å². The normalized spacial score (nSPS) is 11.6. The van der Waals surface area contributed by atoms with Gasteiger partial charge in [0, 0.05) is 4.90 Å². The molecule has 3 nitrogen and oxygen atoms in total. The average molecular weight is 292 g/mol. The number of benzene rings is 1. The van der Waals surface area contributed by atoms with Gasteiger partial charge in [-0.25, -0.2) is 0 Å². The van der Waals surface area contributed by atoms with Crippen LogP contribution in [0.25, 0.3) is 0 Å². The predicted molar refractivity (Wildman–Crippen MR) is 55.0 cm³/mol. The third kappa shape index (κ3) is 3.16. The maximum absolute atomic E-state index is 12.1. The van der Waals surface area contributed by atoms with E-state index in [9.17, 15) is 23.3 Å². The maximum atomic E-state index is 12.1. The van der Waals surface area contributed by atoms with Crippen molar-refractivity contribution in [2.75, 3.05) is 0 Å². The van der Waals surface area contributed by atoms with E-state index in [1.54, 1.807) is 0 Å². The molecule has 1 aromatic rings. The van der Waals surface area contributed by atoms with E-state index in [-0.39, 0.29) is 5.02 Å². The molecule has 0 amide bonds. The maximum Gasteiger partial charge on any atom is 0.446 e. The summed E-state index contributed by atoms with van der Waals surface area (Å²) in [5.74, 6) is 0. The standard InChI is InChI=1S/C7H2Cl2F3NO2S/c8-3-1-2-4(16-7(10,11)12)5(9)6(3)13(14)15/h1-2H. The van der Waals surface area contributed by atoms with Gasteiger partial charge in [-0.3, -0.25) is 10.1 Å². The fourth-order valence-corrected chi connectivity index (χ4v) is 2.09. The highest BCUT2D eigenvalue weighted by Crippen LogP contribution is 2.45. The Hall–Kier alpha value is -0.660. The number of nitro benzene ring substituents is 1. The van der Waals surface area contributed by atoms with E-state index in [4.69, 9.17) is 23.2 Å². The third-order valence-corrected chi connectivity index (χ3v) is 3.03. The van der Waals surface area contributed by atoms with Crippen molar-refractivity contribution in [1.82, 2.24) is 0 Å². The van der Waals surface area contributed by atoms with Gasteiger partial charge in [-0.05, 0) is 23.9 Å². The van der Waals surface area contributed by atoms with E-state index >= 15 is 0 Å². The van der Waals surface area contributed by atoms with Crippen LogP contribution < -0.4 is 0 Å². The van der Waals surface area contributed by atoms with Crippen LogP contribution in [0.5, 0.6) is 0 Å². The molecule has 0 saturated carbocycles. The molecule has 0 bridgehead atoms. The van der Waals surface area contributed by atoms with Crippen molar-refractivity contribution >= 4 is 40.7 Å².